The van der Waals surface area contributed by atoms with Crippen LogP contribution in [0.1, 0.15) is 56.4 Å². The number of hydrogen-bond donors (Lipinski definition) is 1. The predicted molar refractivity (Wildman–Crippen MR) is 140 cm³/mol. The van der Waals surface area contributed by atoms with Gasteiger partial charge in [0.05, 0.1) is 9.64 Å². The predicted octanol–water partition coefficient (Wildman–Crippen LogP) is 7.06. The maximum atomic E-state index is 15.1. The van der Waals surface area contributed by atoms with Crippen LogP contribution >= 0.6 is 0 Å². The maximum absolute atomic E-state index is 15.1. The van der Waals surface area contributed by atoms with Gasteiger partial charge in [0, 0.05) is 23.1 Å². The molecule has 5 atom stereocenters. The zero-order valence-electron chi connectivity index (χ0n) is 23.4. The monoisotopic (exact) mass is 652 g/mol. The van der Waals surface area contributed by atoms with Crippen molar-refractivity contribution in [1.29, 1.82) is 0 Å². The molecule has 2 unspecified atom stereocenters. The quantitative estimate of drug-likeness (QED) is 0.267. The summed E-state index contributed by atoms with van der Waals surface area (Å²) in [6.07, 6.45) is -11.0. The van der Waals surface area contributed by atoms with Crippen molar-refractivity contribution in [3.63, 3.8) is 0 Å². The first kappa shape index (κ1) is 32.2. The molecule has 0 aliphatic heterocycles. The Morgan fingerprint density at radius 3 is 2.25 bits per heavy atom. The number of nitrogens with zero attached hydrogens (tertiary/aromatic N) is 1. The first-order valence-corrected chi connectivity index (χ1v) is 15.2. The Morgan fingerprint density at radius 2 is 1.68 bits per heavy atom. The number of carbonyl (C=O) groups is 1. The van der Waals surface area contributed by atoms with Gasteiger partial charge >= 0.3 is 18.0 Å². The van der Waals surface area contributed by atoms with Crippen LogP contribution in [0.5, 0.6) is 0 Å². The number of nitrogens with one attached hydrogen (secondary N) is 1. The van der Waals surface area contributed by atoms with Gasteiger partial charge in [0.1, 0.15) is 12.1 Å². The number of allylic oxidation sites excluding steroid dienone is 4. The highest BCUT2D eigenvalue weighted by Crippen LogP contribution is 2.67. The van der Waals surface area contributed by atoms with Crippen LogP contribution in [0.3, 0.4) is 0 Å². The van der Waals surface area contributed by atoms with Crippen molar-refractivity contribution in [1.82, 2.24) is 10.5 Å². The van der Waals surface area contributed by atoms with E-state index < -0.39 is 79.6 Å². The molecule has 1 heterocycles. The van der Waals surface area contributed by atoms with Crippen LogP contribution in [0, 0.1) is 23.1 Å². The van der Waals surface area contributed by atoms with E-state index in [9.17, 15) is 43.9 Å². The van der Waals surface area contributed by atoms with Gasteiger partial charge in [-0.1, -0.05) is 29.8 Å². The molecule has 15 heteroatoms. The van der Waals surface area contributed by atoms with Crippen molar-refractivity contribution in [2.45, 2.75) is 79.7 Å². The number of hydrogen-bond acceptors (Lipinski definition) is 5. The first-order valence-electron chi connectivity index (χ1n) is 13.8. The topological polar surface area (TPSA) is 89.3 Å². The average molecular weight is 653 g/mol. The van der Waals surface area contributed by atoms with Gasteiger partial charge in [0.2, 0.25) is 0 Å². The standard InChI is InChI=1S/C29H28F8N2O4S/c1-16(38-24(40)23-11-14-43-39-23)21-10-13-26(44(41,42)20-6-4-19(30)5-7-20)22(21)8-3-17-15-18(9-12-25(17,26)2)27(31,28(32,33)34)29(35,36)37/h4-7,9,11,14-16,21-22H,3,8,10,12-13H2,1-2H3,(H,38,40)/t16?,21-,22-,25?,26-/m0/s1. The molecule has 0 bridgehead atoms. The van der Waals surface area contributed by atoms with Gasteiger partial charge < -0.3 is 9.84 Å². The third-order valence-corrected chi connectivity index (χ3v) is 12.7. The van der Waals surface area contributed by atoms with E-state index in [0.29, 0.717) is 12.2 Å². The summed E-state index contributed by atoms with van der Waals surface area (Å²) in [5, 5.41) is 6.37. The third-order valence-electron chi connectivity index (χ3n) is 9.85. The van der Waals surface area contributed by atoms with E-state index in [1.807, 2.05) is 0 Å². The largest absolute Gasteiger partial charge is 0.435 e. The second-order valence-corrected chi connectivity index (χ2v) is 14.1. The highest BCUT2D eigenvalue weighted by molar-refractivity contribution is 7.93. The van der Waals surface area contributed by atoms with Crippen molar-refractivity contribution in [2.75, 3.05) is 0 Å². The minimum atomic E-state index is -6.33. The summed E-state index contributed by atoms with van der Waals surface area (Å²) < 4.78 is 143. The van der Waals surface area contributed by atoms with Crippen molar-refractivity contribution >= 4 is 15.7 Å². The molecule has 2 saturated carbocycles. The molecular weight excluding hydrogens is 624 g/mol. The van der Waals surface area contributed by atoms with E-state index >= 15 is 4.39 Å². The number of aromatic nitrogens is 1. The Morgan fingerprint density at radius 1 is 1.05 bits per heavy atom. The fourth-order valence-electron chi connectivity index (χ4n) is 7.70. The Balaban J connectivity index is 1.62. The van der Waals surface area contributed by atoms with Crippen LogP contribution in [0.25, 0.3) is 0 Å². The van der Waals surface area contributed by atoms with E-state index in [0.717, 1.165) is 24.3 Å². The van der Waals surface area contributed by atoms with E-state index in [2.05, 4.69) is 10.5 Å². The highest BCUT2D eigenvalue weighted by Gasteiger charge is 2.75. The van der Waals surface area contributed by atoms with Gasteiger partial charge in [0.15, 0.2) is 15.5 Å². The van der Waals surface area contributed by atoms with Gasteiger partial charge in [-0.2, -0.15) is 26.3 Å². The first-order chi connectivity index (χ1) is 20.3. The van der Waals surface area contributed by atoms with Crippen LogP contribution in [-0.4, -0.2) is 48.3 Å². The zero-order chi connectivity index (χ0) is 32.5. The number of alkyl halides is 7. The summed E-state index contributed by atoms with van der Waals surface area (Å²) in [6.45, 7) is 3.13. The highest BCUT2D eigenvalue weighted by atomic mass is 32.2. The van der Waals surface area contributed by atoms with E-state index in [1.165, 1.54) is 19.3 Å². The Kier molecular flexibility index (Phi) is 7.61. The molecule has 1 N–H and O–H groups in total. The number of sulfone groups is 1. The summed E-state index contributed by atoms with van der Waals surface area (Å²) in [5.74, 6) is -2.53. The van der Waals surface area contributed by atoms with Gasteiger partial charge in [-0.05, 0) is 75.1 Å². The summed E-state index contributed by atoms with van der Waals surface area (Å²) in [6, 6.07) is 4.70. The molecule has 3 aliphatic carbocycles. The average Bonchev–Trinajstić information content (AvgIpc) is 3.61. The SMILES string of the molecule is CC(NC(=O)c1ccon1)[C@@H]1CC[C@]2(S(=O)(=O)c3ccc(F)cc3)[C@H]1CCC1=CC(C(F)(C(F)(F)F)C(F)(F)F)=CCC12C. The van der Waals surface area contributed by atoms with Crippen molar-refractivity contribution < 1.29 is 52.9 Å². The van der Waals surface area contributed by atoms with Crippen LogP contribution < -0.4 is 5.32 Å². The molecular formula is C29H28F8N2O4S. The lowest BCUT2D eigenvalue weighted by atomic mass is 9.55. The third kappa shape index (κ3) is 4.51. The molecule has 6 nitrogen and oxygen atoms in total. The number of rotatable bonds is 6. The summed E-state index contributed by atoms with van der Waals surface area (Å²) in [4.78, 5) is 12.5. The van der Waals surface area contributed by atoms with Crippen LogP contribution in [0.2, 0.25) is 0 Å². The molecule has 1 amide bonds. The Hall–Kier alpha value is -3.23. The molecule has 3 aliphatic rings. The van der Waals surface area contributed by atoms with Gasteiger partial charge in [-0.25, -0.2) is 17.2 Å². The van der Waals surface area contributed by atoms with E-state index in [-0.39, 0.29) is 41.8 Å². The molecule has 44 heavy (non-hydrogen) atoms. The van der Waals surface area contributed by atoms with E-state index in [4.69, 9.17) is 4.52 Å². The van der Waals surface area contributed by atoms with Crippen LogP contribution in [0.15, 0.2) is 69.3 Å². The lowest BCUT2D eigenvalue weighted by Crippen LogP contribution is -2.61. The lowest BCUT2D eigenvalue weighted by Gasteiger charge is -2.56. The lowest BCUT2D eigenvalue weighted by molar-refractivity contribution is -0.325. The smallest absolute Gasteiger partial charge is 0.364 e. The van der Waals surface area contributed by atoms with Crippen molar-refractivity contribution in [3.05, 3.63) is 71.4 Å². The second kappa shape index (κ2) is 10.4. The van der Waals surface area contributed by atoms with Crippen molar-refractivity contribution in [2.24, 2.45) is 17.3 Å². The minimum absolute atomic E-state index is 0.0152. The van der Waals surface area contributed by atoms with Crippen LogP contribution in [-0.2, 0) is 9.84 Å². The van der Waals surface area contributed by atoms with Crippen LogP contribution in [0.4, 0.5) is 35.1 Å². The minimum Gasteiger partial charge on any atom is -0.364 e. The number of benzene rings is 1. The van der Waals surface area contributed by atoms with Gasteiger partial charge in [-0.15, -0.1) is 0 Å². The molecule has 0 saturated heterocycles. The molecule has 2 fully saturated rings. The van der Waals surface area contributed by atoms with Gasteiger partial charge in [0.25, 0.3) is 5.91 Å². The van der Waals surface area contributed by atoms with Crippen molar-refractivity contribution in [3.8, 4) is 0 Å². The fourth-order valence-corrected chi connectivity index (χ4v) is 10.5. The zero-order valence-corrected chi connectivity index (χ0v) is 24.2. The maximum Gasteiger partial charge on any atom is 0.435 e. The number of carbonyl (C=O) groups excluding carboxylic acids is 1. The van der Waals surface area contributed by atoms with E-state index in [1.54, 1.807) is 6.92 Å². The number of amides is 1. The molecule has 0 radical (unpaired) electrons. The summed E-state index contributed by atoms with van der Waals surface area (Å²) in [5.41, 5.74) is -8.93. The molecule has 240 valence electrons. The number of halogens is 8. The molecule has 1 aromatic heterocycles. The second-order valence-electron chi connectivity index (χ2n) is 11.9. The molecule has 1 aromatic carbocycles. The Labute approximate surface area is 247 Å². The fraction of sp³-hybridized carbons (Fsp3) is 0.517. The normalized spacial score (nSPS) is 28.4. The number of fused-ring (bicyclic) bond motifs is 3. The summed E-state index contributed by atoms with van der Waals surface area (Å²) in [7, 11) is -4.47. The Bertz CT molecular complexity index is 1580. The van der Waals surface area contributed by atoms with Gasteiger partial charge in [-0.3, -0.25) is 4.79 Å². The summed E-state index contributed by atoms with van der Waals surface area (Å²) >= 11 is 0. The molecule has 2 aromatic rings. The molecule has 0 spiro atoms. The molecule has 5 rings (SSSR count).